The van der Waals surface area contributed by atoms with Crippen molar-refractivity contribution >= 4 is 0 Å². The molecule has 3 heterocycles. The van der Waals surface area contributed by atoms with Crippen LogP contribution in [0.15, 0.2) is 18.3 Å². The number of rotatable bonds is 6. The first-order valence-corrected chi connectivity index (χ1v) is 8.96. The Morgan fingerprint density at radius 1 is 1.25 bits per heavy atom. The van der Waals surface area contributed by atoms with E-state index in [1.807, 2.05) is 13.1 Å². The topological polar surface area (TPSA) is 54.0 Å². The van der Waals surface area contributed by atoms with E-state index < -0.39 is 0 Å². The van der Waals surface area contributed by atoms with E-state index in [4.69, 9.17) is 4.74 Å². The van der Waals surface area contributed by atoms with Crippen molar-refractivity contribution in [2.24, 2.45) is 5.92 Å². The van der Waals surface area contributed by atoms with Crippen LogP contribution in [-0.2, 0) is 13.0 Å². The first-order chi connectivity index (χ1) is 11.6. The summed E-state index contributed by atoms with van der Waals surface area (Å²) >= 11 is 0. The van der Waals surface area contributed by atoms with E-state index in [0.717, 1.165) is 43.1 Å². The minimum Gasteiger partial charge on any atom is -0.465 e. The molecule has 0 bridgehead atoms. The van der Waals surface area contributed by atoms with Crippen LogP contribution in [0.2, 0.25) is 0 Å². The molecular formula is C19H28N4O. The highest BCUT2D eigenvalue weighted by Crippen LogP contribution is 2.23. The molecule has 0 saturated carbocycles. The normalized spacial score (nSPS) is 18.7. The molecule has 24 heavy (non-hydrogen) atoms. The monoisotopic (exact) mass is 328 g/mol. The summed E-state index contributed by atoms with van der Waals surface area (Å²) in [6.45, 7) is 9.96. The van der Waals surface area contributed by atoms with Crippen molar-refractivity contribution in [1.29, 1.82) is 0 Å². The summed E-state index contributed by atoms with van der Waals surface area (Å²) < 4.78 is 5.41. The molecule has 5 nitrogen and oxygen atoms in total. The third-order valence-corrected chi connectivity index (χ3v) is 4.54. The van der Waals surface area contributed by atoms with Gasteiger partial charge in [-0.15, -0.1) is 0 Å². The lowest BCUT2D eigenvalue weighted by molar-refractivity contribution is 0.165. The molecule has 0 spiro atoms. The van der Waals surface area contributed by atoms with Crippen LogP contribution in [0.25, 0.3) is 0 Å². The molecule has 0 aliphatic carbocycles. The van der Waals surface area contributed by atoms with Gasteiger partial charge in [-0.2, -0.15) is 4.98 Å². The summed E-state index contributed by atoms with van der Waals surface area (Å²) in [4.78, 5) is 14.6. The third-order valence-electron chi connectivity index (χ3n) is 4.54. The minimum absolute atomic E-state index is 0.629. The molecule has 0 amide bonds. The predicted octanol–water partition coefficient (Wildman–Crippen LogP) is 3.27. The van der Waals surface area contributed by atoms with Gasteiger partial charge >= 0.3 is 0 Å². The molecule has 2 aromatic heterocycles. The van der Waals surface area contributed by atoms with Gasteiger partial charge in [-0.3, -0.25) is 9.88 Å². The predicted molar refractivity (Wildman–Crippen MR) is 95.2 cm³/mol. The third kappa shape index (κ3) is 4.57. The Labute approximate surface area is 144 Å². The van der Waals surface area contributed by atoms with Gasteiger partial charge in [-0.1, -0.05) is 0 Å². The van der Waals surface area contributed by atoms with Crippen molar-refractivity contribution in [2.75, 3.05) is 19.7 Å². The van der Waals surface area contributed by atoms with Gasteiger partial charge in [0.1, 0.15) is 0 Å². The Morgan fingerprint density at radius 2 is 2.04 bits per heavy atom. The smallest absolute Gasteiger partial charge is 0.293 e. The molecule has 0 radical (unpaired) electrons. The molecule has 1 unspecified atom stereocenters. The number of aryl methyl sites for hydroxylation is 2. The lowest BCUT2D eigenvalue weighted by Gasteiger charge is -2.32. The summed E-state index contributed by atoms with van der Waals surface area (Å²) in [5, 5.41) is 0. The van der Waals surface area contributed by atoms with E-state index in [2.05, 4.69) is 45.8 Å². The van der Waals surface area contributed by atoms with Crippen molar-refractivity contribution in [3.05, 3.63) is 41.0 Å². The fraction of sp³-hybridized carbons (Fsp3) is 0.579. The van der Waals surface area contributed by atoms with Crippen molar-refractivity contribution in [1.82, 2.24) is 19.9 Å². The van der Waals surface area contributed by atoms with Gasteiger partial charge in [-0.05, 0) is 70.2 Å². The number of hydrogen-bond donors (Lipinski definition) is 1. The van der Waals surface area contributed by atoms with Crippen molar-refractivity contribution in [3.63, 3.8) is 0 Å². The fourth-order valence-corrected chi connectivity index (χ4v) is 3.69. The van der Waals surface area contributed by atoms with Gasteiger partial charge in [0.2, 0.25) is 0 Å². The van der Waals surface area contributed by atoms with E-state index >= 15 is 0 Å². The number of piperidine rings is 1. The number of aromatic nitrogens is 3. The molecule has 3 rings (SSSR count). The summed E-state index contributed by atoms with van der Waals surface area (Å²) in [6.07, 6.45) is 5.67. The van der Waals surface area contributed by atoms with E-state index in [-0.39, 0.29) is 0 Å². The number of aromatic amines is 1. The standard InChI is InChI=1S/C19H28N4O/c1-4-24-19-20-11-18(22-19)13-23-7-5-6-16(12-23)10-17-8-14(2)21-15(3)9-17/h8-9,11,16H,4-7,10,12-13H2,1-3H3,(H,20,22). The van der Waals surface area contributed by atoms with Gasteiger partial charge < -0.3 is 9.72 Å². The molecule has 1 saturated heterocycles. The number of H-pyrrole nitrogens is 1. The van der Waals surface area contributed by atoms with Crippen LogP contribution in [-0.4, -0.2) is 39.5 Å². The first kappa shape index (κ1) is 17.0. The molecule has 1 aliphatic heterocycles. The van der Waals surface area contributed by atoms with E-state index in [9.17, 15) is 0 Å². The minimum atomic E-state index is 0.629. The highest BCUT2D eigenvalue weighted by Gasteiger charge is 2.21. The molecule has 1 atom stereocenters. The average molecular weight is 328 g/mol. The zero-order chi connectivity index (χ0) is 16.9. The summed E-state index contributed by atoms with van der Waals surface area (Å²) in [5.41, 5.74) is 4.73. The van der Waals surface area contributed by atoms with Crippen molar-refractivity contribution in [2.45, 2.75) is 46.6 Å². The fourth-order valence-electron chi connectivity index (χ4n) is 3.69. The van der Waals surface area contributed by atoms with Crippen molar-refractivity contribution in [3.8, 4) is 6.01 Å². The van der Waals surface area contributed by atoms with E-state index in [1.54, 1.807) is 0 Å². The Balaban J connectivity index is 1.57. The zero-order valence-electron chi connectivity index (χ0n) is 15.0. The highest BCUT2D eigenvalue weighted by atomic mass is 16.5. The van der Waals surface area contributed by atoms with Gasteiger partial charge in [0.05, 0.1) is 12.3 Å². The van der Waals surface area contributed by atoms with Crippen LogP contribution in [0.3, 0.4) is 0 Å². The molecule has 1 N–H and O–H groups in total. The summed E-state index contributed by atoms with van der Waals surface area (Å²) in [6, 6.07) is 5.09. The molecule has 2 aromatic rings. The maximum Gasteiger partial charge on any atom is 0.293 e. The number of nitrogens with one attached hydrogen (secondary N) is 1. The van der Waals surface area contributed by atoms with Crippen LogP contribution >= 0.6 is 0 Å². The Bertz CT molecular complexity index is 647. The van der Waals surface area contributed by atoms with Crippen molar-refractivity contribution < 1.29 is 4.74 Å². The van der Waals surface area contributed by atoms with Gasteiger partial charge in [-0.25, -0.2) is 0 Å². The molecule has 0 aromatic carbocycles. The van der Waals surface area contributed by atoms with Crippen LogP contribution in [0, 0.1) is 19.8 Å². The summed E-state index contributed by atoms with van der Waals surface area (Å²) in [5.74, 6) is 0.713. The highest BCUT2D eigenvalue weighted by molar-refractivity contribution is 5.21. The Kier molecular flexibility index (Phi) is 5.51. The molecular weight excluding hydrogens is 300 g/mol. The summed E-state index contributed by atoms with van der Waals surface area (Å²) in [7, 11) is 0. The quantitative estimate of drug-likeness (QED) is 0.884. The second-order valence-electron chi connectivity index (χ2n) is 6.84. The molecule has 5 heteroatoms. The number of imidazole rings is 1. The largest absolute Gasteiger partial charge is 0.465 e. The first-order valence-electron chi connectivity index (χ1n) is 8.96. The zero-order valence-corrected chi connectivity index (χ0v) is 15.0. The van der Waals surface area contributed by atoms with Gasteiger partial charge in [0.25, 0.3) is 6.01 Å². The number of ether oxygens (including phenoxy) is 1. The lowest BCUT2D eigenvalue weighted by atomic mass is 9.91. The molecule has 1 aliphatic rings. The molecule has 130 valence electrons. The number of hydrogen-bond acceptors (Lipinski definition) is 4. The van der Waals surface area contributed by atoms with Crippen LogP contribution in [0.5, 0.6) is 6.01 Å². The average Bonchev–Trinajstić information content (AvgIpc) is 2.94. The van der Waals surface area contributed by atoms with Crippen LogP contribution < -0.4 is 4.74 Å². The lowest BCUT2D eigenvalue weighted by Crippen LogP contribution is -2.35. The number of likely N-dealkylation sites (tertiary alicyclic amines) is 1. The number of nitrogens with zero attached hydrogens (tertiary/aromatic N) is 3. The Hall–Kier alpha value is -1.88. The van der Waals surface area contributed by atoms with E-state index in [0.29, 0.717) is 18.5 Å². The van der Waals surface area contributed by atoms with Gasteiger partial charge in [0, 0.05) is 30.7 Å². The van der Waals surface area contributed by atoms with Crippen LogP contribution in [0.1, 0.15) is 42.4 Å². The van der Waals surface area contributed by atoms with Crippen LogP contribution in [0.4, 0.5) is 0 Å². The second kappa shape index (κ2) is 7.79. The number of pyridine rings is 1. The molecule has 1 fully saturated rings. The maximum absolute atomic E-state index is 5.41. The van der Waals surface area contributed by atoms with Gasteiger partial charge in [0.15, 0.2) is 0 Å². The Morgan fingerprint density at radius 3 is 2.79 bits per heavy atom. The second-order valence-corrected chi connectivity index (χ2v) is 6.84. The SMILES string of the molecule is CCOc1nc(CN2CCCC(Cc3cc(C)nc(C)c3)C2)c[nH]1. The van der Waals surface area contributed by atoms with E-state index in [1.165, 1.54) is 18.4 Å². The maximum atomic E-state index is 5.41.